The van der Waals surface area contributed by atoms with Gasteiger partial charge < -0.3 is 14.2 Å². The maximum atomic E-state index is 12.4. The lowest BCUT2D eigenvalue weighted by Crippen LogP contribution is -2.39. The molecule has 0 aliphatic heterocycles. The minimum Gasteiger partial charge on any atom is -0.459 e. The molecule has 0 radical (unpaired) electrons. The first-order valence-electron chi connectivity index (χ1n) is 8.67. The smallest absolute Gasteiger partial charge is 0.344 e. The lowest BCUT2D eigenvalue weighted by atomic mass is 9.75. The van der Waals surface area contributed by atoms with Crippen molar-refractivity contribution in [1.82, 2.24) is 0 Å². The summed E-state index contributed by atoms with van der Waals surface area (Å²) in [5.41, 5.74) is -0.231. The molecule has 0 heterocycles. The Morgan fingerprint density at radius 1 is 1.07 bits per heavy atom. The largest absolute Gasteiger partial charge is 0.459 e. The molecule has 1 saturated carbocycles. The molecule has 0 atom stereocenters. The van der Waals surface area contributed by atoms with Crippen molar-refractivity contribution in [1.29, 1.82) is 0 Å². The fraction of sp³-hybridized carbons (Fsp3) is 0.421. The molecule has 0 spiro atoms. The van der Waals surface area contributed by atoms with Gasteiger partial charge >= 0.3 is 17.9 Å². The van der Waals surface area contributed by atoms with Gasteiger partial charge in [0.1, 0.15) is 12.2 Å². The summed E-state index contributed by atoms with van der Waals surface area (Å²) in [6, 6.07) is 4.96. The average Bonchev–Trinajstić information content (AvgIpc) is 2.59. The molecule has 1 aliphatic rings. The van der Waals surface area contributed by atoms with E-state index in [1.807, 2.05) is 0 Å². The Hall–Kier alpha value is -1.18. The Morgan fingerprint density at radius 2 is 1.67 bits per heavy atom. The van der Waals surface area contributed by atoms with Crippen LogP contribution in [0.15, 0.2) is 29.8 Å². The van der Waals surface area contributed by atoms with Crippen LogP contribution >= 0.6 is 58.0 Å². The number of rotatable bonds is 7. The summed E-state index contributed by atoms with van der Waals surface area (Å²) < 4.78 is 13.2. The molecule has 0 N–H and O–H groups in total. The molecule has 30 heavy (non-hydrogen) atoms. The number of carbonyl (C=O) groups is 3. The van der Waals surface area contributed by atoms with Crippen LogP contribution in [0.4, 0.5) is 0 Å². The molecule has 1 aromatic carbocycles. The number of carbonyl (C=O) groups excluding carboxylic acids is 3. The van der Waals surface area contributed by atoms with E-state index in [1.165, 1.54) is 6.92 Å². The van der Waals surface area contributed by atoms with Gasteiger partial charge in [-0.25, -0.2) is 14.4 Å². The first kappa shape index (κ1) is 25.1. The normalized spacial score (nSPS) is 15.7. The van der Waals surface area contributed by atoms with Gasteiger partial charge in [0.2, 0.25) is 3.79 Å². The second-order valence-corrected chi connectivity index (χ2v) is 10.00. The molecule has 164 valence electrons. The van der Waals surface area contributed by atoms with Gasteiger partial charge in [-0.2, -0.15) is 0 Å². The summed E-state index contributed by atoms with van der Waals surface area (Å²) in [5.74, 6) is -2.54. The molecule has 0 amide bonds. The van der Waals surface area contributed by atoms with Crippen LogP contribution in [0.1, 0.15) is 31.7 Å². The predicted octanol–water partition coefficient (Wildman–Crippen LogP) is 5.32. The van der Waals surface area contributed by atoms with Gasteiger partial charge in [0, 0.05) is 21.7 Å². The van der Waals surface area contributed by atoms with E-state index in [9.17, 15) is 14.4 Å². The number of halogens is 5. The van der Waals surface area contributed by atoms with Crippen molar-refractivity contribution in [3.63, 3.8) is 0 Å². The molecule has 11 heteroatoms. The molecule has 0 saturated heterocycles. The zero-order valence-electron chi connectivity index (χ0n) is 15.7. The summed E-state index contributed by atoms with van der Waals surface area (Å²) in [6.07, 6.45) is 3.04. The maximum absolute atomic E-state index is 12.4. The Morgan fingerprint density at radius 3 is 2.17 bits per heavy atom. The van der Waals surface area contributed by atoms with Gasteiger partial charge in [0.25, 0.3) is 0 Å². The zero-order valence-corrected chi connectivity index (χ0v) is 19.5. The summed E-state index contributed by atoms with van der Waals surface area (Å²) >= 11 is 28.4. The van der Waals surface area contributed by atoms with Crippen LogP contribution in [0.3, 0.4) is 0 Å². The van der Waals surface area contributed by atoms with Crippen LogP contribution in [-0.4, -0.2) is 34.9 Å². The van der Waals surface area contributed by atoms with Crippen LogP contribution < -0.4 is 0 Å². The highest BCUT2D eigenvalue weighted by molar-refractivity contribution is 6.67. The second kappa shape index (κ2) is 10.4. The second-order valence-electron chi connectivity index (χ2n) is 6.61. The number of hydrogen-bond donors (Lipinski definition) is 0. The zero-order chi connectivity index (χ0) is 22.5. The Kier molecular flexibility index (Phi) is 8.71. The minimum absolute atomic E-state index is 0.0622. The number of hydrogen-bond acceptors (Lipinski definition) is 6. The van der Waals surface area contributed by atoms with E-state index in [-0.39, 0.29) is 5.57 Å². The summed E-state index contributed by atoms with van der Waals surface area (Å²) in [4.78, 5) is 35.8. The van der Waals surface area contributed by atoms with Crippen LogP contribution in [0, 0.1) is 0 Å². The third-order valence-corrected chi connectivity index (χ3v) is 4.98. The first-order valence-corrected chi connectivity index (χ1v) is 10.6. The summed E-state index contributed by atoms with van der Waals surface area (Å²) in [7, 11) is 0. The molecule has 1 aromatic rings. The van der Waals surface area contributed by atoms with Crippen molar-refractivity contribution in [3.8, 4) is 0 Å². The Bertz CT molecular complexity index is 837. The first-order chi connectivity index (χ1) is 13.9. The van der Waals surface area contributed by atoms with E-state index in [4.69, 9.17) is 67.5 Å². The molecular weight excluding hydrogens is 501 g/mol. The lowest BCUT2D eigenvalue weighted by molar-refractivity contribution is -0.165. The molecular formula is C19H17Cl5O6. The van der Waals surface area contributed by atoms with Gasteiger partial charge in [-0.05, 0) is 49.9 Å². The molecule has 1 fully saturated rings. The highest BCUT2D eigenvalue weighted by atomic mass is 35.6. The number of benzene rings is 1. The van der Waals surface area contributed by atoms with Crippen LogP contribution in [0.2, 0.25) is 10.0 Å². The van der Waals surface area contributed by atoms with Crippen molar-refractivity contribution < 1.29 is 28.6 Å². The molecule has 0 aromatic heterocycles. The van der Waals surface area contributed by atoms with Crippen molar-refractivity contribution in [2.45, 2.75) is 35.6 Å². The van der Waals surface area contributed by atoms with Crippen LogP contribution in [0.25, 0.3) is 0 Å². The maximum Gasteiger partial charge on any atom is 0.344 e. The van der Waals surface area contributed by atoms with Crippen molar-refractivity contribution >= 4 is 75.9 Å². The van der Waals surface area contributed by atoms with Gasteiger partial charge in [-0.1, -0.05) is 58.0 Å². The third-order valence-electron chi connectivity index (χ3n) is 4.22. The highest BCUT2D eigenvalue weighted by Crippen LogP contribution is 2.46. The van der Waals surface area contributed by atoms with Crippen molar-refractivity contribution in [3.05, 3.63) is 45.5 Å². The molecule has 6 nitrogen and oxygen atoms in total. The number of esters is 3. The van der Waals surface area contributed by atoms with Gasteiger partial charge in [-0.15, -0.1) is 0 Å². The predicted molar refractivity (Wildman–Crippen MR) is 114 cm³/mol. The fourth-order valence-electron chi connectivity index (χ4n) is 2.66. The number of ether oxygens (including phenoxy) is 3. The average molecular weight is 519 g/mol. The highest BCUT2D eigenvalue weighted by Gasteiger charge is 2.42. The van der Waals surface area contributed by atoms with Crippen LogP contribution in [-0.2, 0) is 34.2 Å². The van der Waals surface area contributed by atoms with E-state index in [1.54, 1.807) is 18.2 Å². The Balaban J connectivity index is 1.94. The molecule has 2 rings (SSSR count). The molecule has 0 bridgehead atoms. The fourth-order valence-corrected chi connectivity index (χ4v) is 3.35. The quantitative estimate of drug-likeness (QED) is 0.210. The minimum atomic E-state index is -1.77. The number of alkyl halides is 3. The summed E-state index contributed by atoms with van der Waals surface area (Å²) in [6.45, 7) is 0.148. The molecule has 1 aliphatic carbocycles. The topological polar surface area (TPSA) is 78.9 Å². The summed E-state index contributed by atoms with van der Waals surface area (Å²) in [5, 5.41) is 0.855. The van der Waals surface area contributed by atoms with Crippen LogP contribution in [0.5, 0.6) is 0 Å². The van der Waals surface area contributed by atoms with Gasteiger partial charge in [-0.3, -0.25) is 0 Å². The van der Waals surface area contributed by atoms with E-state index in [0.29, 0.717) is 28.5 Å². The Labute approximate surface area is 198 Å². The van der Waals surface area contributed by atoms with Gasteiger partial charge in [0.15, 0.2) is 6.61 Å². The van der Waals surface area contributed by atoms with E-state index in [2.05, 4.69) is 4.74 Å². The van der Waals surface area contributed by atoms with E-state index >= 15 is 0 Å². The van der Waals surface area contributed by atoms with Crippen molar-refractivity contribution in [2.24, 2.45) is 0 Å². The standard InChI is InChI=1S/C19H17Cl5O6/c1-11(17(27)28-9-16(26)29-10-19(22,23)24)5-15(25)30-18(3-2-4-18)12-6-13(20)8-14(21)7-12/h5-8H,2-4,9-10H2,1H3/b11-5+. The monoisotopic (exact) mass is 516 g/mol. The van der Waals surface area contributed by atoms with Gasteiger partial charge in [0.05, 0.1) is 0 Å². The molecule has 0 unspecified atom stereocenters. The van der Waals surface area contributed by atoms with E-state index in [0.717, 1.165) is 12.5 Å². The van der Waals surface area contributed by atoms with E-state index < -0.39 is 40.5 Å². The third kappa shape index (κ3) is 7.50. The lowest BCUT2D eigenvalue weighted by Gasteiger charge is -2.41. The SMILES string of the molecule is C/C(=C\C(=O)OC1(c2cc(Cl)cc(Cl)c2)CCC1)C(=O)OCC(=O)OCC(Cl)(Cl)Cl. The van der Waals surface area contributed by atoms with Crippen molar-refractivity contribution in [2.75, 3.05) is 13.2 Å².